The molecular weight excluding hydrogens is 326 g/mol. The monoisotopic (exact) mass is 339 g/mol. The predicted molar refractivity (Wildman–Crippen MR) is 77.8 cm³/mol. The van der Waals surface area contributed by atoms with Crippen LogP contribution in [0.15, 0.2) is 22.7 Å². The number of aryl methyl sites for hydroxylation is 2. The van der Waals surface area contributed by atoms with E-state index in [0.29, 0.717) is 5.69 Å². The van der Waals surface area contributed by atoms with Crippen LogP contribution in [0.25, 0.3) is 0 Å². The third-order valence-corrected chi connectivity index (χ3v) is 3.92. The molecule has 1 aromatic carbocycles. The Morgan fingerprint density at radius 2 is 2.25 bits per heavy atom. The third kappa shape index (κ3) is 2.62. The average molecular weight is 340 g/mol. The van der Waals surface area contributed by atoms with Gasteiger partial charge >= 0.3 is 5.97 Å². The molecule has 0 aliphatic heterocycles. The van der Waals surface area contributed by atoms with Crippen molar-refractivity contribution in [1.82, 2.24) is 9.78 Å². The number of benzene rings is 1. The second-order valence-electron chi connectivity index (χ2n) is 4.29. The first kappa shape index (κ1) is 14.4. The van der Waals surface area contributed by atoms with Gasteiger partial charge in [-0.05, 0) is 35.0 Å². The summed E-state index contributed by atoms with van der Waals surface area (Å²) in [5, 5.41) is 13.4. The fourth-order valence-electron chi connectivity index (χ4n) is 1.86. The van der Waals surface area contributed by atoms with E-state index in [1.54, 1.807) is 23.9 Å². The van der Waals surface area contributed by atoms with E-state index in [1.807, 2.05) is 6.92 Å². The van der Waals surface area contributed by atoms with E-state index in [-0.39, 0.29) is 17.9 Å². The van der Waals surface area contributed by atoms with Crippen molar-refractivity contribution >= 4 is 27.6 Å². The number of hydrogen-bond acceptors (Lipinski definition) is 4. The summed E-state index contributed by atoms with van der Waals surface area (Å²) in [5.41, 5.74) is 7.76. The summed E-state index contributed by atoms with van der Waals surface area (Å²) in [7, 11) is 1.79. The highest BCUT2D eigenvalue weighted by Gasteiger charge is 2.16. The summed E-state index contributed by atoms with van der Waals surface area (Å²) in [6.07, 6.45) is 0. The number of carbonyl (C=O) groups is 1. The fraction of sp³-hybridized carbons (Fsp3) is 0.231. The molecule has 0 aliphatic carbocycles. The second kappa shape index (κ2) is 5.54. The minimum absolute atomic E-state index is 0.0417. The second-order valence-corrected chi connectivity index (χ2v) is 5.08. The molecule has 0 radical (unpaired) electrons. The molecule has 0 fully saturated rings. The van der Waals surface area contributed by atoms with Crippen molar-refractivity contribution in [1.29, 1.82) is 0 Å². The van der Waals surface area contributed by atoms with Crippen LogP contribution < -0.4 is 10.5 Å². The number of aromatic nitrogens is 2. The van der Waals surface area contributed by atoms with Gasteiger partial charge in [0.1, 0.15) is 12.2 Å². The zero-order valence-corrected chi connectivity index (χ0v) is 12.6. The van der Waals surface area contributed by atoms with Crippen molar-refractivity contribution in [3.63, 3.8) is 0 Å². The Morgan fingerprint density at radius 3 is 2.80 bits per heavy atom. The number of aromatic carboxylic acids is 1. The Balaban J connectivity index is 2.30. The Hall–Kier alpha value is -2.02. The summed E-state index contributed by atoms with van der Waals surface area (Å²) < 4.78 is 8.11. The van der Waals surface area contributed by atoms with E-state index >= 15 is 0 Å². The van der Waals surface area contributed by atoms with Crippen molar-refractivity contribution in [3.05, 3.63) is 39.6 Å². The van der Waals surface area contributed by atoms with Gasteiger partial charge in [0.25, 0.3) is 0 Å². The maximum atomic E-state index is 11.2. The van der Waals surface area contributed by atoms with Crippen molar-refractivity contribution in [2.75, 3.05) is 5.73 Å². The van der Waals surface area contributed by atoms with Gasteiger partial charge in [-0.15, -0.1) is 0 Å². The number of nitrogen functional groups attached to an aromatic ring is 1. The molecule has 7 heteroatoms. The number of hydrogen-bond donors (Lipinski definition) is 2. The zero-order chi connectivity index (χ0) is 14.9. The van der Waals surface area contributed by atoms with Crippen LogP contribution in [0.2, 0.25) is 0 Å². The molecule has 0 saturated heterocycles. The largest absolute Gasteiger partial charge is 0.484 e. The quantitative estimate of drug-likeness (QED) is 0.834. The van der Waals surface area contributed by atoms with Crippen LogP contribution in [0.1, 0.15) is 21.7 Å². The van der Waals surface area contributed by atoms with Crippen LogP contribution in [-0.2, 0) is 13.7 Å². The van der Waals surface area contributed by atoms with Crippen LogP contribution in [0.5, 0.6) is 5.75 Å². The molecule has 2 rings (SSSR count). The van der Waals surface area contributed by atoms with Crippen LogP contribution in [0, 0.1) is 6.92 Å². The van der Waals surface area contributed by atoms with Crippen molar-refractivity contribution in [2.45, 2.75) is 13.5 Å². The minimum Gasteiger partial charge on any atom is -0.484 e. The molecule has 2 aromatic rings. The number of nitrogens with zero attached hydrogens (tertiary/aromatic N) is 2. The van der Waals surface area contributed by atoms with Crippen molar-refractivity contribution in [3.8, 4) is 5.75 Å². The molecule has 1 heterocycles. The zero-order valence-electron chi connectivity index (χ0n) is 11.1. The van der Waals surface area contributed by atoms with Gasteiger partial charge in [0.2, 0.25) is 0 Å². The van der Waals surface area contributed by atoms with E-state index in [2.05, 4.69) is 21.0 Å². The van der Waals surface area contributed by atoms with Gasteiger partial charge in [0.05, 0.1) is 21.5 Å². The number of ether oxygens (including phenoxy) is 1. The SMILES string of the molecule is Cc1nn(C)c(COc2c(N)cccc2C(=O)O)c1Br. The van der Waals surface area contributed by atoms with E-state index < -0.39 is 5.97 Å². The normalized spacial score (nSPS) is 10.6. The maximum Gasteiger partial charge on any atom is 0.339 e. The molecule has 0 saturated carbocycles. The minimum atomic E-state index is -1.08. The standard InChI is InChI=1S/C13H14BrN3O3/c1-7-11(14)10(17(2)16-7)6-20-12-8(13(18)19)4-3-5-9(12)15/h3-5H,6,15H2,1-2H3,(H,18,19). The first-order valence-electron chi connectivity index (χ1n) is 5.84. The van der Waals surface area contributed by atoms with Gasteiger partial charge in [-0.1, -0.05) is 6.07 Å². The molecule has 1 aromatic heterocycles. The summed E-state index contributed by atoms with van der Waals surface area (Å²) in [4.78, 5) is 11.2. The number of rotatable bonds is 4. The van der Waals surface area contributed by atoms with Crippen LogP contribution >= 0.6 is 15.9 Å². The first-order chi connectivity index (χ1) is 9.41. The Kier molecular flexibility index (Phi) is 3.99. The molecule has 3 N–H and O–H groups in total. The Morgan fingerprint density at radius 1 is 1.55 bits per heavy atom. The molecule has 0 aliphatic rings. The predicted octanol–water partition coefficient (Wildman–Crippen LogP) is 2.35. The van der Waals surface area contributed by atoms with Gasteiger partial charge in [-0.3, -0.25) is 4.68 Å². The number of halogens is 1. The highest BCUT2D eigenvalue weighted by molar-refractivity contribution is 9.10. The molecular formula is C13H14BrN3O3. The number of carboxylic acids is 1. The van der Waals surface area contributed by atoms with Gasteiger partial charge in [0.15, 0.2) is 5.75 Å². The van der Waals surface area contributed by atoms with Gasteiger partial charge < -0.3 is 15.6 Å². The number of para-hydroxylation sites is 1. The lowest BCUT2D eigenvalue weighted by molar-refractivity contribution is 0.0692. The van der Waals surface area contributed by atoms with E-state index in [4.69, 9.17) is 15.6 Å². The van der Waals surface area contributed by atoms with Crippen LogP contribution in [0.4, 0.5) is 5.69 Å². The lowest BCUT2D eigenvalue weighted by Gasteiger charge is -2.12. The topological polar surface area (TPSA) is 90.4 Å². The molecule has 0 bridgehead atoms. The molecule has 0 spiro atoms. The number of carboxylic acid groups (broad SMARTS) is 1. The van der Waals surface area contributed by atoms with Crippen LogP contribution in [-0.4, -0.2) is 20.9 Å². The lowest BCUT2D eigenvalue weighted by atomic mass is 10.2. The van der Waals surface area contributed by atoms with Crippen LogP contribution in [0.3, 0.4) is 0 Å². The molecule has 0 amide bonds. The van der Waals surface area contributed by atoms with Crippen molar-refractivity contribution in [2.24, 2.45) is 7.05 Å². The number of nitrogens with two attached hydrogens (primary N) is 1. The summed E-state index contributed by atoms with van der Waals surface area (Å²) in [5.74, 6) is -0.904. The number of anilines is 1. The smallest absolute Gasteiger partial charge is 0.339 e. The lowest BCUT2D eigenvalue weighted by Crippen LogP contribution is -2.08. The Bertz CT molecular complexity index is 667. The molecule has 20 heavy (non-hydrogen) atoms. The van der Waals surface area contributed by atoms with Gasteiger partial charge in [0, 0.05) is 7.05 Å². The summed E-state index contributed by atoms with van der Waals surface area (Å²) in [6, 6.07) is 4.64. The highest BCUT2D eigenvalue weighted by atomic mass is 79.9. The highest BCUT2D eigenvalue weighted by Crippen LogP contribution is 2.28. The third-order valence-electron chi connectivity index (χ3n) is 2.89. The average Bonchev–Trinajstić information content (AvgIpc) is 2.62. The molecule has 106 valence electrons. The maximum absolute atomic E-state index is 11.2. The summed E-state index contributed by atoms with van der Waals surface area (Å²) >= 11 is 3.43. The fourth-order valence-corrected chi connectivity index (χ4v) is 2.31. The van der Waals surface area contributed by atoms with E-state index in [9.17, 15) is 4.79 Å². The van der Waals surface area contributed by atoms with Crippen molar-refractivity contribution < 1.29 is 14.6 Å². The van der Waals surface area contributed by atoms with Gasteiger partial charge in [-0.2, -0.15) is 5.10 Å². The first-order valence-corrected chi connectivity index (χ1v) is 6.63. The van der Waals surface area contributed by atoms with E-state index in [0.717, 1.165) is 15.9 Å². The molecule has 0 atom stereocenters. The summed E-state index contributed by atoms with van der Waals surface area (Å²) in [6.45, 7) is 2.04. The van der Waals surface area contributed by atoms with Gasteiger partial charge in [-0.25, -0.2) is 4.79 Å². The molecule has 0 unspecified atom stereocenters. The molecule has 6 nitrogen and oxygen atoms in total. The Labute approximate surface area is 124 Å². The van der Waals surface area contributed by atoms with E-state index in [1.165, 1.54) is 6.07 Å².